The van der Waals surface area contributed by atoms with Gasteiger partial charge in [0.1, 0.15) is 10.9 Å². The van der Waals surface area contributed by atoms with Crippen molar-refractivity contribution < 1.29 is 14.3 Å². The molecule has 4 nitrogen and oxygen atoms in total. The minimum absolute atomic E-state index is 0.0773. The quantitative estimate of drug-likeness (QED) is 0.769. The molecule has 2 heterocycles. The van der Waals surface area contributed by atoms with E-state index in [0.717, 1.165) is 24.8 Å². The molecule has 134 valence electrons. The van der Waals surface area contributed by atoms with Crippen LogP contribution >= 0.6 is 11.8 Å². The Balaban J connectivity index is 1.48. The van der Waals surface area contributed by atoms with Crippen molar-refractivity contribution in [2.75, 3.05) is 12.4 Å². The molecule has 25 heavy (non-hydrogen) atoms. The first-order valence-corrected chi connectivity index (χ1v) is 10.4. The zero-order valence-electron chi connectivity index (χ0n) is 14.5. The Morgan fingerprint density at radius 1 is 1.20 bits per heavy atom. The van der Waals surface area contributed by atoms with E-state index in [-0.39, 0.29) is 16.7 Å². The Hall–Kier alpha value is -1.49. The number of benzene rings is 1. The highest BCUT2D eigenvalue weighted by molar-refractivity contribution is 8.00. The summed E-state index contributed by atoms with van der Waals surface area (Å²) >= 11 is 1.72. The predicted molar refractivity (Wildman–Crippen MR) is 98.0 cm³/mol. The van der Waals surface area contributed by atoms with Crippen molar-refractivity contribution in [3.63, 3.8) is 0 Å². The van der Waals surface area contributed by atoms with Crippen molar-refractivity contribution in [2.24, 2.45) is 5.92 Å². The number of ether oxygens (including phenoxy) is 1. The lowest BCUT2D eigenvalue weighted by Crippen LogP contribution is -2.47. The average Bonchev–Trinajstić information content (AvgIpc) is 3.21. The minimum Gasteiger partial charge on any atom is -0.464 e. The zero-order valence-corrected chi connectivity index (χ0v) is 15.3. The molecule has 3 fully saturated rings. The van der Waals surface area contributed by atoms with E-state index in [1.165, 1.54) is 19.3 Å². The maximum Gasteiger partial charge on any atom is 0.329 e. The Labute approximate surface area is 153 Å². The first kappa shape index (κ1) is 17.0. The lowest BCUT2D eigenvalue weighted by Gasteiger charge is -2.33. The third-order valence-corrected chi connectivity index (χ3v) is 7.41. The third kappa shape index (κ3) is 3.07. The number of rotatable bonds is 4. The van der Waals surface area contributed by atoms with Gasteiger partial charge >= 0.3 is 5.97 Å². The van der Waals surface area contributed by atoms with Gasteiger partial charge in [0.25, 0.3) is 0 Å². The fourth-order valence-electron chi connectivity index (χ4n) is 4.47. The molecular weight excluding hydrogens is 334 g/mol. The first-order valence-electron chi connectivity index (χ1n) is 9.39. The number of carbonyl (C=O) groups excluding carboxylic acids is 2. The van der Waals surface area contributed by atoms with Crippen molar-refractivity contribution >= 4 is 23.6 Å². The average molecular weight is 359 g/mol. The van der Waals surface area contributed by atoms with E-state index in [1.807, 2.05) is 23.1 Å². The van der Waals surface area contributed by atoms with E-state index in [1.54, 1.807) is 11.8 Å². The smallest absolute Gasteiger partial charge is 0.329 e. The molecule has 0 spiro atoms. The van der Waals surface area contributed by atoms with Crippen molar-refractivity contribution in [1.29, 1.82) is 0 Å². The monoisotopic (exact) mass is 359 g/mol. The van der Waals surface area contributed by atoms with Gasteiger partial charge < -0.3 is 9.64 Å². The second-order valence-corrected chi connectivity index (χ2v) is 8.67. The van der Waals surface area contributed by atoms with E-state index >= 15 is 0 Å². The van der Waals surface area contributed by atoms with Crippen molar-refractivity contribution in [3.8, 4) is 0 Å². The topological polar surface area (TPSA) is 46.6 Å². The standard InChI is InChI=1S/C20H25NO3S/c22-18-11-12-20(16-9-5-2-6-10-16)21(18)17(14-25-20)19(23)24-13-15-7-3-1-4-8-15/h2,5-6,9-10,15,17H,1,3-4,7-8,11-14H2/t17-,20-/m1/s1. The normalized spacial score (nSPS) is 29.7. The minimum atomic E-state index is -0.441. The molecule has 5 heteroatoms. The summed E-state index contributed by atoms with van der Waals surface area (Å²) in [5.74, 6) is 0.990. The zero-order chi connectivity index (χ0) is 17.3. The molecule has 2 atom stereocenters. The van der Waals surface area contributed by atoms with E-state index in [4.69, 9.17) is 4.74 Å². The highest BCUT2D eigenvalue weighted by Gasteiger charge is 2.57. The Morgan fingerprint density at radius 2 is 1.96 bits per heavy atom. The van der Waals surface area contributed by atoms with Crippen LogP contribution in [0.3, 0.4) is 0 Å². The summed E-state index contributed by atoms with van der Waals surface area (Å²) in [4.78, 5) is 26.7. The summed E-state index contributed by atoms with van der Waals surface area (Å²) in [5.41, 5.74) is 1.12. The molecule has 0 radical (unpaired) electrons. The van der Waals surface area contributed by atoms with Crippen LogP contribution in [0, 0.1) is 5.92 Å². The molecule has 1 aromatic rings. The summed E-state index contributed by atoms with van der Waals surface area (Å²) in [5, 5.41) is 0. The van der Waals surface area contributed by atoms with Gasteiger partial charge in [-0.25, -0.2) is 4.79 Å². The van der Waals surface area contributed by atoms with Gasteiger partial charge in [0.2, 0.25) is 5.91 Å². The lowest BCUT2D eigenvalue weighted by atomic mass is 9.90. The van der Waals surface area contributed by atoms with Crippen LogP contribution in [0.5, 0.6) is 0 Å². The van der Waals surface area contributed by atoms with Crippen LogP contribution in [-0.2, 0) is 19.2 Å². The van der Waals surface area contributed by atoms with Crippen LogP contribution in [0.25, 0.3) is 0 Å². The van der Waals surface area contributed by atoms with Gasteiger partial charge in [-0.3, -0.25) is 4.79 Å². The summed E-state index contributed by atoms with van der Waals surface area (Å²) in [7, 11) is 0. The van der Waals surface area contributed by atoms with Crippen LogP contribution < -0.4 is 0 Å². The molecule has 2 saturated heterocycles. The second kappa shape index (κ2) is 7.02. The molecule has 4 rings (SSSR count). The van der Waals surface area contributed by atoms with Crippen LogP contribution in [0.2, 0.25) is 0 Å². The highest BCUT2D eigenvalue weighted by Crippen LogP contribution is 2.54. The van der Waals surface area contributed by atoms with Crippen molar-refractivity contribution in [1.82, 2.24) is 4.90 Å². The molecule has 0 N–H and O–H groups in total. The lowest BCUT2D eigenvalue weighted by molar-refractivity contribution is -0.155. The fraction of sp³-hybridized carbons (Fsp3) is 0.600. The van der Waals surface area contributed by atoms with E-state index in [0.29, 0.717) is 24.7 Å². The molecule has 1 amide bonds. The molecule has 0 bridgehead atoms. The number of nitrogens with zero attached hydrogens (tertiary/aromatic N) is 1. The number of carbonyl (C=O) groups is 2. The molecule has 0 unspecified atom stereocenters. The van der Waals surface area contributed by atoms with Crippen molar-refractivity contribution in [3.05, 3.63) is 35.9 Å². The maximum absolute atomic E-state index is 12.7. The number of thioether (sulfide) groups is 1. The number of hydrogen-bond acceptors (Lipinski definition) is 4. The van der Waals surface area contributed by atoms with Crippen LogP contribution in [0.4, 0.5) is 0 Å². The Bertz CT molecular complexity index is 644. The predicted octanol–water partition coefficient (Wildman–Crippen LogP) is 3.70. The van der Waals surface area contributed by atoms with Gasteiger partial charge in [0.15, 0.2) is 0 Å². The maximum atomic E-state index is 12.7. The number of esters is 1. The molecule has 2 aliphatic heterocycles. The Morgan fingerprint density at radius 3 is 2.72 bits per heavy atom. The molecule has 1 aromatic carbocycles. The molecule has 1 saturated carbocycles. The van der Waals surface area contributed by atoms with Gasteiger partial charge in [-0.15, -0.1) is 11.8 Å². The van der Waals surface area contributed by atoms with Crippen LogP contribution in [0.15, 0.2) is 30.3 Å². The van der Waals surface area contributed by atoms with Gasteiger partial charge in [-0.1, -0.05) is 49.6 Å². The summed E-state index contributed by atoms with van der Waals surface area (Å²) in [6, 6.07) is 9.67. The van der Waals surface area contributed by atoms with Gasteiger partial charge in [0, 0.05) is 12.2 Å². The van der Waals surface area contributed by atoms with E-state index < -0.39 is 6.04 Å². The molecule has 3 aliphatic rings. The van der Waals surface area contributed by atoms with E-state index in [2.05, 4.69) is 12.1 Å². The summed E-state index contributed by atoms with van der Waals surface area (Å²) in [6.45, 7) is 0.514. The summed E-state index contributed by atoms with van der Waals surface area (Å²) in [6.07, 6.45) is 7.37. The highest BCUT2D eigenvalue weighted by atomic mass is 32.2. The second-order valence-electron chi connectivity index (χ2n) is 7.38. The fourth-order valence-corrected chi connectivity index (χ4v) is 6.10. The molecule has 1 aliphatic carbocycles. The van der Waals surface area contributed by atoms with Crippen LogP contribution in [0.1, 0.15) is 50.5 Å². The number of hydrogen-bond donors (Lipinski definition) is 0. The Kier molecular flexibility index (Phi) is 4.76. The SMILES string of the molecule is O=C(OCC1CCCCC1)[C@H]1CS[C@@]2(c3ccccc3)CCC(=O)N12. The molecule has 0 aromatic heterocycles. The molecular formula is C20H25NO3S. The van der Waals surface area contributed by atoms with Gasteiger partial charge in [-0.2, -0.15) is 0 Å². The largest absolute Gasteiger partial charge is 0.464 e. The first-order chi connectivity index (χ1) is 12.2. The van der Waals surface area contributed by atoms with Gasteiger partial charge in [-0.05, 0) is 30.7 Å². The third-order valence-electron chi connectivity index (χ3n) is 5.81. The van der Waals surface area contributed by atoms with Crippen LogP contribution in [-0.4, -0.2) is 35.2 Å². The van der Waals surface area contributed by atoms with Gasteiger partial charge in [0.05, 0.1) is 6.61 Å². The summed E-state index contributed by atoms with van der Waals surface area (Å²) < 4.78 is 5.66. The van der Waals surface area contributed by atoms with E-state index in [9.17, 15) is 9.59 Å². The van der Waals surface area contributed by atoms with Crippen molar-refractivity contribution in [2.45, 2.75) is 55.9 Å². The number of fused-ring (bicyclic) bond motifs is 1. The number of amides is 1.